The molecular weight excluding hydrogens is 368 g/mol. The van der Waals surface area contributed by atoms with Crippen LogP contribution in [0.2, 0.25) is 0 Å². The number of carbonyl (C=O) groups is 1. The maximum Gasteiger partial charge on any atom is 0.234 e. The summed E-state index contributed by atoms with van der Waals surface area (Å²) < 4.78 is 1.92. The van der Waals surface area contributed by atoms with Crippen molar-refractivity contribution in [3.63, 3.8) is 0 Å². The lowest BCUT2D eigenvalue weighted by atomic mass is 10.1. The molecule has 0 atom stereocenters. The Hall–Kier alpha value is -3.12. The number of amides is 1. The lowest BCUT2D eigenvalue weighted by Gasteiger charge is -2.08. The largest absolute Gasteiger partial charge is 0.325 e. The van der Waals surface area contributed by atoms with Gasteiger partial charge in [-0.05, 0) is 18.4 Å². The second-order valence-electron chi connectivity index (χ2n) is 6.59. The van der Waals surface area contributed by atoms with Gasteiger partial charge in [-0.15, -0.1) is 10.2 Å². The molecule has 0 radical (unpaired) electrons. The summed E-state index contributed by atoms with van der Waals surface area (Å²) in [5.74, 6) is 0.988. The smallest absolute Gasteiger partial charge is 0.234 e. The fourth-order valence-corrected chi connectivity index (χ4v) is 3.76. The van der Waals surface area contributed by atoms with Crippen molar-refractivity contribution in [1.29, 1.82) is 0 Å². The zero-order valence-electron chi connectivity index (χ0n) is 15.7. The Bertz CT molecular complexity index is 1130. The van der Waals surface area contributed by atoms with E-state index in [4.69, 9.17) is 0 Å². The predicted octanol–water partition coefficient (Wildman–Crippen LogP) is 4.67. The molecule has 0 aliphatic heterocycles. The Labute approximate surface area is 167 Å². The highest BCUT2D eigenvalue weighted by atomic mass is 32.2. The second-order valence-corrected chi connectivity index (χ2v) is 7.54. The lowest BCUT2D eigenvalue weighted by Crippen LogP contribution is -2.14. The van der Waals surface area contributed by atoms with Crippen molar-refractivity contribution in [1.82, 2.24) is 14.8 Å². The number of fused-ring (bicyclic) bond motifs is 1. The van der Waals surface area contributed by atoms with Crippen LogP contribution in [0.4, 0.5) is 5.69 Å². The Balaban J connectivity index is 1.44. The van der Waals surface area contributed by atoms with Gasteiger partial charge >= 0.3 is 0 Å². The highest BCUT2D eigenvalue weighted by Gasteiger charge is 2.13. The molecule has 6 heteroatoms. The fraction of sp³-hybridized carbons (Fsp3) is 0.136. The van der Waals surface area contributed by atoms with E-state index in [0.717, 1.165) is 27.8 Å². The molecule has 1 aromatic heterocycles. The molecule has 28 heavy (non-hydrogen) atoms. The third kappa shape index (κ3) is 3.77. The van der Waals surface area contributed by atoms with Crippen LogP contribution in [-0.2, 0) is 11.8 Å². The topological polar surface area (TPSA) is 59.8 Å². The molecular formula is C22H20N4OS. The molecule has 3 aromatic carbocycles. The molecule has 0 unspecified atom stereocenters. The van der Waals surface area contributed by atoms with Gasteiger partial charge in [-0.25, -0.2) is 0 Å². The van der Waals surface area contributed by atoms with E-state index in [0.29, 0.717) is 5.16 Å². The molecule has 0 saturated carbocycles. The first kappa shape index (κ1) is 18.3. The summed E-state index contributed by atoms with van der Waals surface area (Å²) in [4.78, 5) is 12.5. The average Bonchev–Trinajstić information content (AvgIpc) is 3.08. The van der Waals surface area contributed by atoms with Crippen LogP contribution in [0.1, 0.15) is 5.56 Å². The van der Waals surface area contributed by atoms with E-state index < -0.39 is 0 Å². The number of nitrogens with one attached hydrogen (secondary N) is 1. The van der Waals surface area contributed by atoms with E-state index in [2.05, 4.69) is 34.6 Å². The minimum absolute atomic E-state index is 0.0683. The maximum atomic E-state index is 12.5. The van der Waals surface area contributed by atoms with Crippen LogP contribution in [0.3, 0.4) is 0 Å². The summed E-state index contributed by atoms with van der Waals surface area (Å²) in [6.07, 6.45) is 0. The number of rotatable bonds is 5. The first-order valence-corrected chi connectivity index (χ1v) is 9.97. The minimum Gasteiger partial charge on any atom is -0.325 e. The molecule has 0 saturated heterocycles. The van der Waals surface area contributed by atoms with Crippen LogP contribution in [0.15, 0.2) is 71.9 Å². The van der Waals surface area contributed by atoms with Gasteiger partial charge in [0, 0.05) is 23.7 Å². The highest BCUT2D eigenvalue weighted by Crippen LogP contribution is 2.25. The molecule has 5 nitrogen and oxygen atoms in total. The van der Waals surface area contributed by atoms with Crippen molar-refractivity contribution in [3.05, 3.63) is 72.3 Å². The van der Waals surface area contributed by atoms with Gasteiger partial charge in [0.1, 0.15) is 0 Å². The number of carbonyl (C=O) groups excluding carboxylic acids is 1. The van der Waals surface area contributed by atoms with Crippen LogP contribution in [0.25, 0.3) is 22.2 Å². The van der Waals surface area contributed by atoms with Crippen LogP contribution < -0.4 is 5.32 Å². The Morgan fingerprint density at radius 1 is 1.00 bits per heavy atom. The molecule has 140 valence electrons. The summed E-state index contributed by atoms with van der Waals surface area (Å²) in [5, 5.41) is 14.4. The number of hydrogen-bond acceptors (Lipinski definition) is 4. The minimum atomic E-state index is -0.0683. The number of thioether (sulfide) groups is 1. The number of benzene rings is 3. The van der Waals surface area contributed by atoms with Gasteiger partial charge in [0.05, 0.1) is 5.75 Å². The van der Waals surface area contributed by atoms with E-state index in [1.54, 1.807) is 0 Å². The number of aryl methyl sites for hydroxylation is 1. The van der Waals surface area contributed by atoms with Crippen molar-refractivity contribution in [2.45, 2.75) is 12.1 Å². The van der Waals surface area contributed by atoms with E-state index in [1.165, 1.54) is 17.3 Å². The first-order chi connectivity index (χ1) is 13.6. The number of hydrogen-bond donors (Lipinski definition) is 1. The van der Waals surface area contributed by atoms with E-state index in [1.807, 2.05) is 66.2 Å². The fourth-order valence-electron chi connectivity index (χ4n) is 3.05. The standard InChI is InChI=1S/C22H20N4OS/c1-15-10-12-17(13-11-15)21-24-25-22(26(21)2)28-14-20(27)23-19-9-5-7-16-6-3-4-8-18(16)19/h3-13H,14H2,1-2H3,(H,23,27). The van der Waals surface area contributed by atoms with Crippen LogP contribution >= 0.6 is 11.8 Å². The van der Waals surface area contributed by atoms with Crippen molar-refractivity contribution < 1.29 is 4.79 Å². The SMILES string of the molecule is Cc1ccc(-c2nnc(SCC(=O)Nc3cccc4ccccc34)n2C)cc1. The summed E-state index contributed by atoms with van der Waals surface area (Å²) in [6, 6.07) is 22.1. The summed E-state index contributed by atoms with van der Waals surface area (Å²) in [5.41, 5.74) is 3.03. The quantitative estimate of drug-likeness (QED) is 0.505. The zero-order valence-corrected chi connectivity index (χ0v) is 16.5. The third-order valence-electron chi connectivity index (χ3n) is 4.54. The maximum absolute atomic E-state index is 12.5. The highest BCUT2D eigenvalue weighted by molar-refractivity contribution is 7.99. The molecule has 1 amide bonds. The van der Waals surface area contributed by atoms with Crippen molar-refractivity contribution in [2.24, 2.45) is 7.05 Å². The van der Waals surface area contributed by atoms with E-state index in [9.17, 15) is 4.79 Å². The molecule has 0 aliphatic carbocycles. The first-order valence-electron chi connectivity index (χ1n) is 8.98. The molecule has 0 fully saturated rings. The third-order valence-corrected chi connectivity index (χ3v) is 5.56. The molecule has 0 aliphatic rings. The molecule has 1 heterocycles. The monoisotopic (exact) mass is 388 g/mol. The Morgan fingerprint density at radius 3 is 2.57 bits per heavy atom. The van der Waals surface area contributed by atoms with Crippen molar-refractivity contribution >= 4 is 34.1 Å². The number of nitrogens with zero attached hydrogens (tertiary/aromatic N) is 3. The normalized spacial score (nSPS) is 10.9. The van der Waals surface area contributed by atoms with Gasteiger partial charge in [0.15, 0.2) is 11.0 Å². The molecule has 4 aromatic rings. The summed E-state index contributed by atoms with van der Waals surface area (Å²) >= 11 is 1.38. The second kappa shape index (κ2) is 7.86. The number of anilines is 1. The predicted molar refractivity (Wildman–Crippen MR) is 114 cm³/mol. The van der Waals surface area contributed by atoms with E-state index >= 15 is 0 Å². The van der Waals surface area contributed by atoms with Crippen LogP contribution in [-0.4, -0.2) is 26.4 Å². The van der Waals surface area contributed by atoms with Gasteiger partial charge in [-0.1, -0.05) is 78.0 Å². The van der Waals surface area contributed by atoms with Gasteiger partial charge in [-0.2, -0.15) is 0 Å². The molecule has 4 rings (SSSR count). The Kier molecular flexibility index (Phi) is 5.12. The lowest BCUT2D eigenvalue weighted by molar-refractivity contribution is -0.113. The summed E-state index contributed by atoms with van der Waals surface area (Å²) in [7, 11) is 1.92. The average molecular weight is 388 g/mol. The van der Waals surface area contributed by atoms with Crippen LogP contribution in [0.5, 0.6) is 0 Å². The van der Waals surface area contributed by atoms with Gasteiger partial charge in [0.25, 0.3) is 0 Å². The van der Waals surface area contributed by atoms with E-state index in [-0.39, 0.29) is 11.7 Å². The molecule has 0 bridgehead atoms. The number of aromatic nitrogens is 3. The Morgan fingerprint density at radius 2 is 1.75 bits per heavy atom. The zero-order chi connectivity index (χ0) is 19.5. The van der Waals surface area contributed by atoms with Gasteiger partial charge < -0.3 is 9.88 Å². The van der Waals surface area contributed by atoms with Gasteiger partial charge in [-0.3, -0.25) is 4.79 Å². The van der Waals surface area contributed by atoms with Crippen molar-refractivity contribution in [2.75, 3.05) is 11.1 Å². The molecule has 0 spiro atoms. The van der Waals surface area contributed by atoms with Crippen LogP contribution in [0, 0.1) is 6.92 Å². The molecule has 1 N–H and O–H groups in total. The van der Waals surface area contributed by atoms with Crippen molar-refractivity contribution in [3.8, 4) is 11.4 Å². The van der Waals surface area contributed by atoms with Gasteiger partial charge in [0.2, 0.25) is 5.91 Å². The summed E-state index contributed by atoms with van der Waals surface area (Å²) in [6.45, 7) is 2.05.